The lowest BCUT2D eigenvalue weighted by molar-refractivity contribution is 0.102. The molecule has 2 heterocycles. The largest absolute Gasteiger partial charge is 0.396 e. The van der Waals surface area contributed by atoms with Gasteiger partial charge in [0.2, 0.25) is 0 Å². The molecular weight excluding hydrogens is 290 g/mol. The van der Waals surface area contributed by atoms with Crippen LogP contribution >= 0.6 is 11.6 Å². The van der Waals surface area contributed by atoms with Gasteiger partial charge in [0.15, 0.2) is 5.69 Å². The molecule has 3 N–H and O–H groups in total. The molecule has 6 nitrogen and oxygen atoms in total. The minimum atomic E-state index is -0.427. The van der Waals surface area contributed by atoms with Crippen molar-refractivity contribution in [3.63, 3.8) is 0 Å². The Kier molecular flexibility index (Phi) is 3.37. The van der Waals surface area contributed by atoms with Crippen molar-refractivity contribution in [2.45, 2.75) is 0 Å². The van der Waals surface area contributed by atoms with E-state index in [1.54, 1.807) is 24.4 Å². The van der Waals surface area contributed by atoms with Crippen LogP contribution in [0.5, 0.6) is 0 Å². The summed E-state index contributed by atoms with van der Waals surface area (Å²) in [6.07, 6.45) is 4.23. The molecule has 21 heavy (non-hydrogen) atoms. The van der Waals surface area contributed by atoms with Crippen LogP contribution in [0.3, 0.4) is 0 Å². The number of nitrogens with two attached hydrogens (primary N) is 1. The number of nitrogens with zero attached hydrogens (tertiary/aromatic N) is 3. The summed E-state index contributed by atoms with van der Waals surface area (Å²) in [6, 6.07) is 7.05. The number of para-hydroxylation sites is 1. The minimum absolute atomic E-state index is 0.115. The molecule has 3 aromatic rings. The van der Waals surface area contributed by atoms with Crippen molar-refractivity contribution in [1.82, 2.24) is 15.0 Å². The van der Waals surface area contributed by atoms with Gasteiger partial charge in [0.1, 0.15) is 6.33 Å². The quantitative estimate of drug-likeness (QED) is 0.758. The number of rotatable bonds is 2. The summed E-state index contributed by atoms with van der Waals surface area (Å²) in [5.41, 5.74) is 7.16. The lowest BCUT2D eigenvalue weighted by Crippen LogP contribution is -2.16. The Balaban J connectivity index is 2.01. The first kappa shape index (κ1) is 13.3. The van der Waals surface area contributed by atoms with Gasteiger partial charge in [-0.15, -0.1) is 0 Å². The Morgan fingerprint density at radius 3 is 2.90 bits per heavy atom. The summed E-state index contributed by atoms with van der Waals surface area (Å²) >= 11 is 6.11. The van der Waals surface area contributed by atoms with Crippen LogP contribution in [0.1, 0.15) is 10.5 Å². The average Bonchev–Trinajstić information content (AvgIpc) is 2.49. The van der Waals surface area contributed by atoms with Crippen LogP contribution in [0.4, 0.5) is 11.4 Å². The third-order valence-corrected chi connectivity index (χ3v) is 3.25. The van der Waals surface area contributed by atoms with Crippen LogP contribution in [0.25, 0.3) is 10.9 Å². The Labute approximate surface area is 125 Å². The average molecular weight is 300 g/mol. The number of hydrogen-bond acceptors (Lipinski definition) is 5. The van der Waals surface area contributed by atoms with Crippen molar-refractivity contribution in [3.05, 3.63) is 53.7 Å². The molecule has 1 amide bonds. The molecule has 0 saturated heterocycles. The summed E-state index contributed by atoms with van der Waals surface area (Å²) in [6.45, 7) is 0. The zero-order valence-electron chi connectivity index (χ0n) is 10.7. The van der Waals surface area contributed by atoms with Crippen molar-refractivity contribution in [3.8, 4) is 0 Å². The summed E-state index contributed by atoms with van der Waals surface area (Å²) in [7, 11) is 0. The fraction of sp³-hybridized carbons (Fsp3) is 0. The molecule has 2 aromatic heterocycles. The van der Waals surface area contributed by atoms with E-state index in [0.717, 1.165) is 5.39 Å². The van der Waals surface area contributed by atoms with E-state index < -0.39 is 5.91 Å². The van der Waals surface area contributed by atoms with Crippen molar-refractivity contribution < 1.29 is 4.79 Å². The first-order valence-electron chi connectivity index (χ1n) is 6.07. The summed E-state index contributed by atoms with van der Waals surface area (Å²) < 4.78 is 0. The van der Waals surface area contributed by atoms with Gasteiger partial charge in [0.05, 0.1) is 28.1 Å². The van der Waals surface area contributed by atoms with E-state index in [9.17, 15) is 4.79 Å². The molecule has 0 fully saturated rings. The fourth-order valence-corrected chi connectivity index (χ4v) is 2.16. The zero-order chi connectivity index (χ0) is 14.8. The number of aromatic nitrogens is 3. The highest BCUT2D eigenvalue weighted by atomic mass is 35.5. The van der Waals surface area contributed by atoms with Crippen molar-refractivity contribution in [2.24, 2.45) is 0 Å². The molecule has 0 unspecified atom stereocenters. The molecule has 1 aromatic carbocycles. The summed E-state index contributed by atoms with van der Waals surface area (Å²) in [5.74, 6) is -0.427. The van der Waals surface area contributed by atoms with Crippen molar-refractivity contribution in [2.75, 3.05) is 11.1 Å². The van der Waals surface area contributed by atoms with E-state index in [1.807, 2.05) is 6.07 Å². The third kappa shape index (κ3) is 2.48. The number of amides is 1. The molecule has 0 spiro atoms. The molecule has 0 bridgehead atoms. The number of fused-ring (bicyclic) bond motifs is 1. The topological polar surface area (TPSA) is 93.8 Å². The van der Waals surface area contributed by atoms with Gasteiger partial charge in [-0.25, -0.2) is 9.97 Å². The van der Waals surface area contributed by atoms with Gasteiger partial charge in [-0.2, -0.15) is 0 Å². The highest BCUT2D eigenvalue weighted by Crippen LogP contribution is 2.27. The fourth-order valence-electron chi connectivity index (χ4n) is 1.95. The van der Waals surface area contributed by atoms with Crippen LogP contribution in [0.15, 0.2) is 43.0 Å². The van der Waals surface area contributed by atoms with Crippen LogP contribution < -0.4 is 11.1 Å². The smallest absolute Gasteiger partial charge is 0.276 e. The number of pyridine rings is 1. The number of nitrogen functional groups attached to an aromatic ring is 1. The normalized spacial score (nSPS) is 10.5. The third-order valence-electron chi connectivity index (χ3n) is 2.92. The molecular formula is C14H10ClN5O. The van der Waals surface area contributed by atoms with E-state index in [4.69, 9.17) is 17.3 Å². The van der Waals surface area contributed by atoms with Gasteiger partial charge in [-0.3, -0.25) is 9.78 Å². The lowest BCUT2D eigenvalue weighted by Gasteiger charge is -2.09. The van der Waals surface area contributed by atoms with Crippen LogP contribution in [-0.4, -0.2) is 20.9 Å². The summed E-state index contributed by atoms with van der Waals surface area (Å²) in [4.78, 5) is 24.1. The number of carbonyl (C=O) groups excluding carboxylic acids is 1. The van der Waals surface area contributed by atoms with Crippen LogP contribution in [0, 0.1) is 0 Å². The molecule has 0 aliphatic heterocycles. The highest BCUT2D eigenvalue weighted by molar-refractivity contribution is 6.35. The van der Waals surface area contributed by atoms with Crippen LogP contribution in [-0.2, 0) is 0 Å². The van der Waals surface area contributed by atoms with Gasteiger partial charge >= 0.3 is 0 Å². The number of halogens is 1. The molecule has 0 radical (unpaired) electrons. The second-order valence-corrected chi connectivity index (χ2v) is 4.68. The predicted molar refractivity (Wildman–Crippen MR) is 81.2 cm³/mol. The van der Waals surface area contributed by atoms with Gasteiger partial charge in [-0.1, -0.05) is 23.7 Å². The van der Waals surface area contributed by atoms with E-state index in [2.05, 4.69) is 20.3 Å². The highest BCUT2D eigenvalue weighted by Gasteiger charge is 2.13. The Morgan fingerprint density at radius 1 is 1.24 bits per heavy atom. The molecule has 0 aliphatic rings. The molecule has 7 heteroatoms. The standard InChI is InChI=1S/C14H10ClN5O/c15-9-4-5-18-12-8(9)2-1-3-11(12)20-14(21)13-10(16)6-17-7-19-13/h1-7H,16H2,(H,20,21). The second kappa shape index (κ2) is 5.34. The Hall–Kier alpha value is -2.73. The van der Waals surface area contributed by atoms with Crippen molar-refractivity contribution in [1.29, 1.82) is 0 Å². The molecule has 104 valence electrons. The second-order valence-electron chi connectivity index (χ2n) is 4.28. The Morgan fingerprint density at radius 2 is 2.10 bits per heavy atom. The Bertz CT molecular complexity index is 836. The molecule has 0 aliphatic carbocycles. The molecule has 0 saturated carbocycles. The zero-order valence-corrected chi connectivity index (χ0v) is 11.5. The number of benzene rings is 1. The maximum Gasteiger partial charge on any atom is 0.276 e. The van der Waals surface area contributed by atoms with Gasteiger partial charge in [0, 0.05) is 11.6 Å². The number of anilines is 2. The maximum absolute atomic E-state index is 12.2. The predicted octanol–water partition coefficient (Wildman–Crippen LogP) is 2.51. The van der Waals surface area contributed by atoms with Crippen LogP contribution in [0.2, 0.25) is 5.02 Å². The van der Waals surface area contributed by atoms with Gasteiger partial charge in [0.25, 0.3) is 5.91 Å². The number of nitrogens with one attached hydrogen (secondary N) is 1. The minimum Gasteiger partial charge on any atom is -0.396 e. The maximum atomic E-state index is 12.2. The summed E-state index contributed by atoms with van der Waals surface area (Å²) in [5, 5.41) is 4.06. The van der Waals surface area contributed by atoms with E-state index in [-0.39, 0.29) is 11.4 Å². The SMILES string of the molecule is Nc1cncnc1C(=O)Nc1cccc2c(Cl)ccnc12. The van der Waals surface area contributed by atoms with E-state index in [0.29, 0.717) is 16.2 Å². The first-order chi connectivity index (χ1) is 10.2. The first-order valence-corrected chi connectivity index (χ1v) is 6.44. The lowest BCUT2D eigenvalue weighted by atomic mass is 10.2. The van der Waals surface area contributed by atoms with Gasteiger partial charge < -0.3 is 11.1 Å². The molecule has 3 rings (SSSR count). The number of carbonyl (C=O) groups is 1. The molecule has 0 atom stereocenters. The monoisotopic (exact) mass is 299 g/mol. The van der Waals surface area contributed by atoms with Crippen molar-refractivity contribution >= 4 is 39.8 Å². The number of hydrogen-bond donors (Lipinski definition) is 2. The van der Waals surface area contributed by atoms with E-state index >= 15 is 0 Å². The van der Waals surface area contributed by atoms with Gasteiger partial charge in [-0.05, 0) is 12.1 Å². The van der Waals surface area contributed by atoms with E-state index in [1.165, 1.54) is 12.5 Å².